The average Bonchev–Trinajstić information content (AvgIpc) is 2.47. The third kappa shape index (κ3) is 3.88. The number of rotatable bonds is 5. The van der Waals surface area contributed by atoms with Gasteiger partial charge in [-0.25, -0.2) is 4.98 Å². The largest absolute Gasteiger partial charge is 0.320 e. The van der Waals surface area contributed by atoms with Crippen LogP contribution in [0.4, 0.5) is 5.69 Å². The van der Waals surface area contributed by atoms with Gasteiger partial charge in [0, 0.05) is 22.9 Å². The van der Waals surface area contributed by atoms with E-state index in [4.69, 9.17) is 0 Å². The van der Waals surface area contributed by atoms with Crippen molar-refractivity contribution < 1.29 is 4.79 Å². The second kappa shape index (κ2) is 7.17. The molecule has 0 atom stereocenters. The van der Waals surface area contributed by atoms with Crippen LogP contribution in [0.2, 0.25) is 0 Å². The molecule has 0 saturated heterocycles. The normalized spacial score (nSPS) is 10.3. The molecule has 0 fully saturated rings. The van der Waals surface area contributed by atoms with Gasteiger partial charge >= 0.3 is 0 Å². The molecule has 1 aromatic heterocycles. The molecule has 0 aliphatic carbocycles. The van der Waals surface area contributed by atoms with Crippen LogP contribution in [0, 0.1) is 0 Å². The van der Waals surface area contributed by atoms with Crippen molar-refractivity contribution in [3.63, 3.8) is 0 Å². The highest BCUT2D eigenvalue weighted by molar-refractivity contribution is 9.10. The topological polar surface area (TPSA) is 54.0 Å². The average molecular weight is 334 g/mol. The first-order chi connectivity index (χ1) is 9.70. The molecule has 2 N–H and O–H groups in total. The summed E-state index contributed by atoms with van der Waals surface area (Å²) >= 11 is 3.30. The van der Waals surface area contributed by atoms with Crippen LogP contribution in [-0.2, 0) is 6.54 Å². The SMILES string of the molecule is CCNCc1ccccc1NC(=O)c1ccc(Br)cn1. The molecule has 1 heterocycles. The standard InChI is InChI=1S/C15H16BrN3O/c1-2-17-9-11-5-3-4-6-13(11)19-15(20)14-8-7-12(16)10-18-14/h3-8,10,17H,2,9H2,1H3,(H,19,20). The minimum Gasteiger partial charge on any atom is -0.320 e. The third-order valence-electron chi connectivity index (χ3n) is 2.79. The van der Waals surface area contributed by atoms with E-state index >= 15 is 0 Å². The van der Waals surface area contributed by atoms with E-state index in [0.717, 1.165) is 28.8 Å². The van der Waals surface area contributed by atoms with Gasteiger partial charge in [0.25, 0.3) is 5.91 Å². The van der Waals surface area contributed by atoms with Crippen molar-refractivity contribution in [2.75, 3.05) is 11.9 Å². The van der Waals surface area contributed by atoms with Crippen LogP contribution in [0.5, 0.6) is 0 Å². The number of carbonyl (C=O) groups excluding carboxylic acids is 1. The molecule has 4 nitrogen and oxygen atoms in total. The molecule has 104 valence electrons. The molecule has 0 unspecified atom stereocenters. The molecular weight excluding hydrogens is 318 g/mol. The summed E-state index contributed by atoms with van der Waals surface area (Å²) < 4.78 is 0.849. The maximum atomic E-state index is 12.1. The zero-order valence-corrected chi connectivity index (χ0v) is 12.8. The predicted molar refractivity (Wildman–Crippen MR) is 83.7 cm³/mol. The number of anilines is 1. The number of para-hydroxylation sites is 1. The molecule has 0 bridgehead atoms. The van der Waals surface area contributed by atoms with E-state index < -0.39 is 0 Å². The van der Waals surface area contributed by atoms with Crippen molar-refractivity contribution in [3.05, 3.63) is 58.3 Å². The number of aromatic nitrogens is 1. The summed E-state index contributed by atoms with van der Waals surface area (Å²) in [5.74, 6) is -0.207. The van der Waals surface area contributed by atoms with Gasteiger partial charge in [-0.1, -0.05) is 25.1 Å². The molecule has 2 aromatic rings. The Morgan fingerprint density at radius 2 is 2.05 bits per heavy atom. The smallest absolute Gasteiger partial charge is 0.274 e. The molecule has 0 radical (unpaired) electrons. The maximum Gasteiger partial charge on any atom is 0.274 e. The van der Waals surface area contributed by atoms with E-state index in [-0.39, 0.29) is 5.91 Å². The first-order valence-electron chi connectivity index (χ1n) is 6.42. The Balaban J connectivity index is 2.13. The van der Waals surface area contributed by atoms with Crippen LogP contribution >= 0.6 is 15.9 Å². The molecule has 0 aliphatic heterocycles. The van der Waals surface area contributed by atoms with E-state index in [9.17, 15) is 4.79 Å². The molecule has 0 saturated carbocycles. The fraction of sp³-hybridized carbons (Fsp3) is 0.200. The highest BCUT2D eigenvalue weighted by Gasteiger charge is 2.09. The van der Waals surface area contributed by atoms with Gasteiger partial charge in [0.05, 0.1) is 0 Å². The van der Waals surface area contributed by atoms with Crippen molar-refractivity contribution in [1.29, 1.82) is 0 Å². The number of amides is 1. The molecular formula is C15H16BrN3O. The summed E-state index contributed by atoms with van der Waals surface area (Å²) in [5.41, 5.74) is 2.26. The van der Waals surface area contributed by atoms with Gasteiger partial charge < -0.3 is 10.6 Å². The Morgan fingerprint density at radius 1 is 1.25 bits per heavy atom. The molecule has 0 aliphatic rings. The lowest BCUT2D eigenvalue weighted by Gasteiger charge is -2.11. The van der Waals surface area contributed by atoms with Crippen LogP contribution in [0.25, 0.3) is 0 Å². The second-order valence-corrected chi connectivity index (χ2v) is 5.17. The Bertz CT molecular complexity index is 584. The van der Waals surface area contributed by atoms with Gasteiger partial charge in [0.2, 0.25) is 0 Å². The number of benzene rings is 1. The summed E-state index contributed by atoms with van der Waals surface area (Å²) in [6, 6.07) is 11.2. The zero-order valence-electron chi connectivity index (χ0n) is 11.2. The van der Waals surface area contributed by atoms with E-state index in [2.05, 4.69) is 31.5 Å². The van der Waals surface area contributed by atoms with Crippen LogP contribution in [0.3, 0.4) is 0 Å². The highest BCUT2D eigenvalue weighted by Crippen LogP contribution is 2.16. The first kappa shape index (κ1) is 14.7. The number of halogens is 1. The number of pyridine rings is 1. The molecule has 2 rings (SSSR count). The van der Waals surface area contributed by atoms with E-state index in [0.29, 0.717) is 5.69 Å². The van der Waals surface area contributed by atoms with Gasteiger partial charge in [-0.05, 0) is 46.2 Å². The van der Waals surface area contributed by atoms with Gasteiger partial charge in [0.15, 0.2) is 0 Å². The summed E-state index contributed by atoms with van der Waals surface area (Å²) in [4.78, 5) is 16.2. The number of carbonyl (C=O) groups is 1. The number of nitrogens with zero attached hydrogens (tertiary/aromatic N) is 1. The Kier molecular flexibility index (Phi) is 5.26. The van der Waals surface area contributed by atoms with Crippen molar-refractivity contribution in [2.24, 2.45) is 0 Å². The lowest BCUT2D eigenvalue weighted by Crippen LogP contribution is -2.17. The van der Waals surface area contributed by atoms with Crippen molar-refractivity contribution >= 4 is 27.5 Å². The summed E-state index contributed by atoms with van der Waals surface area (Å²) in [6.07, 6.45) is 1.61. The van der Waals surface area contributed by atoms with Crippen molar-refractivity contribution in [1.82, 2.24) is 10.3 Å². The second-order valence-electron chi connectivity index (χ2n) is 4.25. The van der Waals surface area contributed by atoms with E-state index in [1.807, 2.05) is 31.2 Å². The van der Waals surface area contributed by atoms with Crippen molar-refractivity contribution in [3.8, 4) is 0 Å². The molecule has 20 heavy (non-hydrogen) atoms. The quantitative estimate of drug-likeness (QED) is 0.883. The zero-order chi connectivity index (χ0) is 14.4. The Labute approximate surface area is 126 Å². The maximum absolute atomic E-state index is 12.1. The van der Waals surface area contributed by atoms with Crippen LogP contribution in [0.1, 0.15) is 23.0 Å². The monoisotopic (exact) mass is 333 g/mol. The predicted octanol–water partition coefficient (Wildman–Crippen LogP) is 3.21. The molecule has 1 amide bonds. The minimum absolute atomic E-state index is 0.207. The number of nitrogens with one attached hydrogen (secondary N) is 2. The van der Waals surface area contributed by atoms with E-state index in [1.54, 1.807) is 18.3 Å². The summed E-state index contributed by atoms with van der Waals surface area (Å²) in [6.45, 7) is 3.66. The number of hydrogen-bond acceptors (Lipinski definition) is 3. The lowest BCUT2D eigenvalue weighted by molar-refractivity contribution is 0.102. The van der Waals surface area contributed by atoms with Crippen LogP contribution in [0.15, 0.2) is 47.1 Å². The summed E-state index contributed by atoms with van der Waals surface area (Å²) in [7, 11) is 0. The molecule has 0 spiro atoms. The fourth-order valence-electron chi connectivity index (χ4n) is 1.75. The van der Waals surface area contributed by atoms with E-state index in [1.165, 1.54) is 0 Å². The lowest BCUT2D eigenvalue weighted by atomic mass is 10.1. The molecule has 1 aromatic carbocycles. The van der Waals surface area contributed by atoms with Gasteiger partial charge in [-0.2, -0.15) is 0 Å². The van der Waals surface area contributed by atoms with Crippen molar-refractivity contribution in [2.45, 2.75) is 13.5 Å². The molecule has 5 heteroatoms. The highest BCUT2D eigenvalue weighted by atomic mass is 79.9. The van der Waals surface area contributed by atoms with Gasteiger partial charge in [0.1, 0.15) is 5.69 Å². The summed E-state index contributed by atoms with van der Waals surface area (Å²) in [5, 5.41) is 6.15. The van der Waals surface area contributed by atoms with Crippen LogP contribution < -0.4 is 10.6 Å². The Morgan fingerprint density at radius 3 is 2.75 bits per heavy atom. The third-order valence-corrected chi connectivity index (χ3v) is 3.26. The fourth-order valence-corrected chi connectivity index (χ4v) is 1.99. The minimum atomic E-state index is -0.207. The van der Waals surface area contributed by atoms with Crippen LogP contribution in [-0.4, -0.2) is 17.4 Å². The first-order valence-corrected chi connectivity index (χ1v) is 7.21. The van der Waals surface area contributed by atoms with Gasteiger partial charge in [-0.15, -0.1) is 0 Å². The van der Waals surface area contributed by atoms with Gasteiger partial charge in [-0.3, -0.25) is 4.79 Å². The Hall–Kier alpha value is -1.72. The number of hydrogen-bond donors (Lipinski definition) is 2.